The average Bonchev–Trinajstić information content (AvgIpc) is 2.79. The van der Waals surface area contributed by atoms with Crippen molar-refractivity contribution < 1.29 is 4.79 Å². The second kappa shape index (κ2) is 5.89. The van der Waals surface area contributed by atoms with Gasteiger partial charge in [-0.15, -0.1) is 0 Å². The molecule has 0 atom stereocenters. The largest absolute Gasteiger partial charge is 0.346 e. The lowest BCUT2D eigenvalue weighted by Gasteiger charge is -2.57. The summed E-state index contributed by atoms with van der Waals surface area (Å²) in [7, 11) is 2.03. The first-order chi connectivity index (χ1) is 11.8. The molecule has 0 aliphatic heterocycles. The Morgan fingerprint density at radius 1 is 1.16 bits per heavy atom. The summed E-state index contributed by atoms with van der Waals surface area (Å²) >= 11 is 0. The SMILES string of the molecule is Cc1cc(C(=O)N(C)CC23CC4CC(CC(C4)C2)C3)c(C)n1C(C)C. The van der Waals surface area contributed by atoms with Crippen molar-refractivity contribution in [2.24, 2.45) is 23.2 Å². The van der Waals surface area contributed by atoms with E-state index >= 15 is 0 Å². The van der Waals surface area contributed by atoms with Crippen LogP contribution in [0, 0.1) is 37.0 Å². The second-order valence-electron chi connectivity index (χ2n) is 9.83. The van der Waals surface area contributed by atoms with Crippen molar-refractivity contribution in [3.05, 3.63) is 23.0 Å². The Morgan fingerprint density at radius 2 is 1.68 bits per heavy atom. The van der Waals surface area contributed by atoms with Gasteiger partial charge in [0.05, 0.1) is 5.56 Å². The number of rotatable bonds is 4. The molecular formula is C22H34N2O. The maximum atomic E-state index is 13.2. The first-order valence-corrected chi connectivity index (χ1v) is 10.2. The van der Waals surface area contributed by atoms with E-state index in [-0.39, 0.29) is 5.91 Å². The molecule has 4 fully saturated rings. The summed E-state index contributed by atoms with van der Waals surface area (Å²) in [6.45, 7) is 9.54. The fraction of sp³-hybridized carbons (Fsp3) is 0.773. The molecule has 1 heterocycles. The highest BCUT2D eigenvalue weighted by Gasteiger charge is 2.51. The van der Waals surface area contributed by atoms with E-state index < -0.39 is 0 Å². The number of hydrogen-bond donors (Lipinski definition) is 0. The third-order valence-electron chi connectivity index (χ3n) is 7.32. The van der Waals surface area contributed by atoms with Crippen LogP contribution in [0.3, 0.4) is 0 Å². The lowest BCUT2D eigenvalue weighted by Crippen LogP contribution is -2.51. The molecule has 0 saturated heterocycles. The molecule has 5 rings (SSSR count). The summed E-state index contributed by atoms with van der Waals surface area (Å²) < 4.78 is 2.28. The number of carbonyl (C=O) groups excluding carboxylic acids is 1. The second-order valence-corrected chi connectivity index (χ2v) is 9.83. The molecule has 1 amide bonds. The monoisotopic (exact) mass is 342 g/mol. The van der Waals surface area contributed by atoms with Gasteiger partial charge in [-0.05, 0) is 95.5 Å². The quantitative estimate of drug-likeness (QED) is 0.758. The van der Waals surface area contributed by atoms with E-state index in [4.69, 9.17) is 0 Å². The lowest BCUT2D eigenvalue weighted by molar-refractivity contribution is -0.0629. The first kappa shape index (κ1) is 17.2. The fourth-order valence-electron chi connectivity index (χ4n) is 7.05. The molecule has 0 spiro atoms. The van der Waals surface area contributed by atoms with Crippen molar-refractivity contribution >= 4 is 5.91 Å². The number of amides is 1. The third-order valence-corrected chi connectivity index (χ3v) is 7.32. The first-order valence-electron chi connectivity index (χ1n) is 10.2. The van der Waals surface area contributed by atoms with Gasteiger partial charge in [0, 0.05) is 31.0 Å². The zero-order chi connectivity index (χ0) is 17.9. The molecule has 4 bridgehead atoms. The molecule has 4 saturated carbocycles. The van der Waals surface area contributed by atoms with E-state index in [1.807, 2.05) is 11.9 Å². The summed E-state index contributed by atoms with van der Waals surface area (Å²) in [5, 5.41) is 0. The minimum absolute atomic E-state index is 0.218. The molecule has 0 radical (unpaired) electrons. The Bertz CT molecular complexity index is 649. The summed E-state index contributed by atoms with van der Waals surface area (Å²) in [6.07, 6.45) is 8.48. The predicted octanol–water partition coefficient (Wildman–Crippen LogP) is 4.97. The Hall–Kier alpha value is -1.25. The molecule has 4 aliphatic carbocycles. The van der Waals surface area contributed by atoms with Crippen molar-refractivity contribution in [2.75, 3.05) is 13.6 Å². The van der Waals surface area contributed by atoms with Crippen molar-refractivity contribution in [1.29, 1.82) is 0 Å². The van der Waals surface area contributed by atoms with Gasteiger partial charge in [-0.2, -0.15) is 0 Å². The summed E-state index contributed by atoms with van der Waals surface area (Å²) in [4.78, 5) is 15.2. The molecule has 25 heavy (non-hydrogen) atoms. The van der Waals surface area contributed by atoms with Gasteiger partial charge < -0.3 is 9.47 Å². The summed E-state index contributed by atoms with van der Waals surface area (Å²) in [5.74, 6) is 3.05. The van der Waals surface area contributed by atoms with Crippen molar-refractivity contribution in [3.63, 3.8) is 0 Å². The maximum absolute atomic E-state index is 13.2. The number of nitrogens with zero attached hydrogens (tertiary/aromatic N) is 2. The Kier molecular flexibility index (Phi) is 4.05. The van der Waals surface area contributed by atoms with Crippen LogP contribution in [0.2, 0.25) is 0 Å². The topological polar surface area (TPSA) is 25.2 Å². The van der Waals surface area contributed by atoms with E-state index in [1.165, 1.54) is 44.2 Å². The van der Waals surface area contributed by atoms with Crippen molar-refractivity contribution in [1.82, 2.24) is 9.47 Å². The van der Waals surface area contributed by atoms with Crippen LogP contribution in [0.1, 0.15) is 80.2 Å². The Morgan fingerprint density at radius 3 is 2.12 bits per heavy atom. The molecule has 138 valence electrons. The lowest BCUT2D eigenvalue weighted by atomic mass is 9.49. The summed E-state index contributed by atoms with van der Waals surface area (Å²) in [5.41, 5.74) is 3.63. The van der Waals surface area contributed by atoms with Crippen LogP contribution >= 0.6 is 0 Å². The van der Waals surface area contributed by atoms with E-state index in [0.717, 1.165) is 35.6 Å². The van der Waals surface area contributed by atoms with Crippen LogP contribution in [-0.4, -0.2) is 29.0 Å². The maximum Gasteiger partial charge on any atom is 0.255 e. The van der Waals surface area contributed by atoms with Gasteiger partial charge in [-0.1, -0.05) is 0 Å². The van der Waals surface area contributed by atoms with Gasteiger partial charge in [-0.25, -0.2) is 0 Å². The van der Waals surface area contributed by atoms with Crippen molar-refractivity contribution in [3.8, 4) is 0 Å². The van der Waals surface area contributed by atoms with E-state index in [1.54, 1.807) is 0 Å². The van der Waals surface area contributed by atoms with Gasteiger partial charge in [0.15, 0.2) is 0 Å². The molecule has 1 aromatic rings. The molecule has 0 N–H and O–H groups in total. The highest BCUT2D eigenvalue weighted by molar-refractivity contribution is 5.95. The standard InChI is InChI=1S/C22H34N2O/c1-14(2)24-15(3)6-20(16(24)4)21(25)23(5)13-22-10-17-7-18(11-22)9-19(8-17)12-22/h6,14,17-19H,7-13H2,1-5H3. The van der Waals surface area contributed by atoms with Crippen LogP contribution in [0.15, 0.2) is 6.07 Å². The number of aryl methyl sites for hydroxylation is 1. The zero-order valence-electron chi connectivity index (χ0n) is 16.6. The van der Waals surface area contributed by atoms with E-state index in [0.29, 0.717) is 11.5 Å². The molecular weight excluding hydrogens is 308 g/mol. The smallest absolute Gasteiger partial charge is 0.255 e. The molecule has 4 aliphatic rings. The zero-order valence-corrected chi connectivity index (χ0v) is 16.6. The summed E-state index contributed by atoms with van der Waals surface area (Å²) in [6, 6.07) is 2.49. The number of carbonyl (C=O) groups is 1. The molecule has 0 aromatic carbocycles. The van der Waals surface area contributed by atoms with Crippen LogP contribution in [0.25, 0.3) is 0 Å². The minimum atomic E-state index is 0.218. The fourth-order valence-corrected chi connectivity index (χ4v) is 7.05. The van der Waals surface area contributed by atoms with Crippen LogP contribution < -0.4 is 0 Å². The van der Waals surface area contributed by atoms with Gasteiger partial charge in [0.1, 0.15) is 0 Å². The van der Waals surface area contributed by atoms with Crippen LogP contribution in [-0.2, 0) is 0 Å². The minimum Gasteiger partial charge on any atom is -0.346 e. The normalized spacial score (nSPS) is 33.3. The van der Waals surface area contributed by atoms with E-state index in [9.17, 15) is 4.79 Å². The van der Waals surface area contributed by atoms with Gasteiger partial charge in [0.25, 0.3) is 5.91 Å². The van der Waals surface area contributed by atoms with Gasteiger partial charge in [-0.3, -0.25) is 4.79 Å². The highest BCUT2D eigenvalue weighted by Crippen LogP contribution is 2.60. The van der Waals surface area contributed by atoms with Gasteiger partial charge >= 0.3 is 0 Å². The average molecular weight is 343 g/mol. The predicted molar refractivity (Wildman–Crippen MR) is 102 cm³/mol. The van der Waals surface area contributed by atoms with Crippen LogP contribution in [0.5, 0.6) is 0 Å². The van der Waals surface area contributed by atoms with Crippen molar-refractivity contribution in [2.45, 2.75) is 72.3 Å². The third kappa shape index (κ3) is 2.84. The molecule has 3 nitrogen and oxygen atoms in total. The van der Waals surface area contributed by atoms with Crippen LogP contribution in [0.4, 0.5) is 0 Å². The number of hydrogen-bond acceptors (Lipinski definition) is 1. The Labute approximate surface area is 152 Å². The van der Waals surface area contributed by atoms with Gasteiger partial charge in [0.2, 0.25) is 0 Å². The number of aromatic nitrogens is 1. The Balaban J connectivity index is 1.53. The molecule has 0 unspecified atom stereocenters. The van der Waals surface area contributed by atoms with E-state index in [2.05, 4.69) is 38.3 Å². The molecule has 3 heteroatoms. The molecule has 1 aromatic heterocycles. The highest BCUT2D eigenvalue weighted by atomic mass is 16.2.